The van der Waals surface area contributed by atoms with Crippen LogP contribution in [0, 0.1) is 5.92 Å². The van der Waals surface area contributed by atoms with E-state index in [0.29, 0.717) is 5.92 Å². The van der Waals surface area contributed by atoms with Crippen molar-refractivity contribution < 1.29 is 9.84 Å². The van der Waals surface area contributed by atoms with Crippen molar-refractivity contribution in [1.82, 2.24) is 0 Å². The quantitative estimate of drug-likeness (QED) is 0.824. The highest BCUT2D eigenvalue weighted by molar-refractivity contribution is 7.99. The molecule has 0 saturated carbocycles. The van der Waals surface area contributed by atoms with E-state index < -0.39 is 0 Å². The van der Waals surface area contributed by atoms with Gasteiger partial charge in [0.2, 0.25) is 0 Å². The summed E-state index contributed by atoms with van der Waals surface area (Å²) in [6.07, 6.45) is 6.50. The molecule has 0 amide bonds. The highest BCUT2D eigenvalue weighted by atomic mass is 32.2. The summed E-state index contributed by atoms with van der Waals surface area (Å²) >= 11 is 2.02. The third-order valence-electron chi connectivity index (χ3n) is 3.89. The fourth-order valence-corrected chi connectivity index (χ4v) is 4.41. The van der Waals surface area contributed by atoms with E-state index in [-0.39, 0.29) is 11.7 Å². The summed E-state index contributed by atoms with van der Waals surface area (Å²) in [6.45, 7) is 3.05. The minimum Gasteiger partial charge on any atom is -0.393 e. The Hall–Kier alpha value is 0.270. The fourth-order valence-electron chi connectivity index (χ4n) is 3.03. The van der Waals surface area contributed by atoms with E-state index in [0.717, 1.165) is 32.3 Å². The molecule has 3 unspecified atom stereocenters. The zero-order chi connectivity index (χ0) is 11.4. The molecule has 3 heteroatoms. The van der Waals surface area contributed by atoms with Crippen LogP contribution in [0.5, 0.6) is 0 Å². The second kappa shape index (κ2) is 5.74. The van der Waals surface area contributed by atoms with Crippen LogP contribution in [-0.4, -0.2) is 34.9 Å². The van der Waals surface area contributed by atoms with Gasteiger partial charge in [0.15, 0.2) is 0 Å². The SMILES string of the molecule is CCCC(O)CC1CCOC2(CCSC2)C1. The Bertz CT molecular complexity index is 214. The monoisotopic (exact) mass is 244 g/mol. The second-order valence-corrected chi connectivity index (χ2v) is 6.48. The number of ether oxygens (including phenoxy) is 1. The standard InChI is InChI=1S/C13H24O2S/c1-2-3-12(14)8-11-4-6-15-13(9-11)5-7-16-10-13/h11-12,14H,2-10H2,1H3. The maximum Gasteiger partial charge on any atom is 0.0783 e. The number of aliphatic hydroxyl groups is 1. The van der Waals surface area contributed by atoms with Crippen LogP contribution in [0.15, 0.2) is 0 Å². The van der Waals surface area contributed by atoms with Crippen molar-refractivity contribution in [2.75, 3.05) is 18.1 Å². The van der Waals surface area contributed by atoms with Gasteiger partial charge in [0, 0.05) is 12.4 Å². The van der Waals surface area contributed by atoms with E-state index in [4.69, 9.17) is 4.74 Å². The Labute approximate surface area is 103 Å². The van der Waals surface area contributed by atoms with Crippen molar-refractivity contribution in [1.29, 1.82) is 0 Å². The van der Waals surface area contributed by atoms with Crippen LogP contribution in [0.4, 0.5) is 0 Å². The lowest BCUT2D eigenvalue weighted by Gasteiger charge is -2.38. The maximum atomic E-state index is 9.89. The fraction of sp³-hybridized carbons (Fsp3) is 1.00. The highest BCUT2D eigenvalue weighted by Gasteiger charge is 2.40. The third-order valence-corrected chi connectivity index (χ3v) is 5.11. The molecule has 0 aromatic heterocycles. The van der Waals surface area contributed by atoms with Crippen LogP contribution in [0.1, 0.15) is 45.4 Å². The first-order valence-corrected chi connectivity index (χ1v) is 7.79. The van der Waals surface area contributed by atoms with Crippen LogP contribution < -0.4 is 0 Å². The predicted octanol–water partition coefficient (Wildman–Crippen LogP) is 2.84. The van der Waals surface area contributed by atoms with Crippen molar-refractivity contribution in [3.05, 3.63) is 0 Å². The van der Waals surface area contributed by atoms with Gasteiger partial charge in [0.05, 0.1) is 11.7 Å². The maximum absolute atomic E-state index is 9.89. The molecule has 2 saturated heterocycles. The predicted molar refractivity (Wildman–Crippen MR) is 68.9 cm³/mol. The number of aliphatic hydroxyl groups excluding tert-OH is 1. The molecule has 94 valence electrons. The molecule has 2 fully saturated rings. The van der Waals surface area contributed by atoms with Crippen LogP contribution in [0.3, 0.4) is 0 Å². The van der Waals surface area contributed by atoms with Gasteiger partial charge in [0.1, 0.15) is 0 Å². The van der Waals surface area contributed by atoms with Gasteiger partial charge < -0.3 is 9.84 Å². The van der Waals surface area contributed by atoms with E-state index >= 15 is 0 Å². The van der Waals surface area contributed by atoms with E-state index in [1.807, 2.05) is 11.8 Å². The first kappa shape index (κ1) is 12.7. The average Bonchev–Trinajstić information content (AvgIpc) is 2.66. The van der Waals surface area contributed by atoms with Crippen LogP contribution in [-0.2, 0) is 4.74 Å². The first-order valence-electron chi connectivity index (χ1n) is 6.64. The van der Waals surface area contributed by atoms with Crippen LogP contribution >= 0.6 is 11.8 Å². The van der Waals surface area contributed by atoms with E-state index in [2.05, 4.69) is 6.92 Å². The van der Waals surface area contributed by atoms with Crippen molar-refractivity contribution in [3.8, 4) is 0 Å². The minimum atomic E-state index is -0.0841. The minimum absolute atomic E-state index is 0.0841. The largest absolute Gasteiger partial charge is 0.393 e. The lowest BCUT2D eigenvalue weighted by atomic mass is 9.82. The average molecular weight is 244 g/mol. The molecule has 2 heterocycles. The highest BCUT2D eigenvalue weighted by Crippen LogP contribution is 2.41. The summed E-state index contributed by atoms with van der Waals surface area (Å²) in [4.78, 5) is 0. The first-order chi connectivity index (χ1) is 7.74. The second-order valence-electron chi connectivity index (χ2n) is 5.37. The van der Waals surface area contributed by atoms with Gasteiger partial charge in [-0.25, -0.2) is 0 Å². The summed E-state index contributed by atoms with van der Waals surface area (Å²) < 4.78 is 6.00. The molecule has 0 radical (unpaired) electrons. The van der Waals surface area contributed by atoms with Crippen molar-refractivity contribution in [3.63, 3.8) is 0 Å². The Kier molecular flexibility index (Phi) is 4.57. The normalized spacial score (nSPS) is 36.8. The molecule has 16 heavy (non-hydrogen) atoms. The van der Waals surface area contributed by atoms with Gasteiger partial charge in [-0.1, -0.05) is 13.3 Å². The molecule has 0 aromatic carbocycles. The molecule has 2 aliphatic rings. The number of hydrogen-bond donors (Lipinski definition) is 1. The van der Waals surface area contributed by atoms with E-state index in [1.165, 1.54) is 24.3 Å². The van der Waals surface area contributed by atoms with Gasteiger partial charge in [-0.15, -0.1) is 0 Å². The molecule has 0 bridgehead atoms. The van der Waals surface area contributed by atoms with Crippen molar-refractivity contribution in [2.24, 2.45) is 5.92 Å². The van der Waals surface area contributed by atoms with Crippen molar-refractivity contribution in [2.45, 2.75) is 57.2 Å². The topological polar surface area (TPSA) is 29.5 Å². The van der Waals surface area contributed by atoms with E-state index in [1.54, 1.807) is 0 Å². The lowest BCUT2D eigenvalue weighted by molar-refractivity contribution is -0.0856. The van der Waals surface area contributed by atoms with Crippen LogP contribution in [0.2, 0.25) is 0 Å². The molecular weight excluding hydrogens is 220 g/mol. The molecule has 1 spiro atoms. The molecule has 2 nitrogen and oxygen atoms in total. The van der Waals surface area contributed by atoms with Gasteiger partial charge in [-0.05, 0) is 43.8 Å². The van der Waals surface area contributed by atoms with Crippen LogP contribution in [0.25, 0.3) is 0 Å². The molecular formula is C13H24O2S. The Morgan fingerprint density at radius 2 is 2.44 bits per heavy atom. The van der Waals surface area contributed by atoms with Crippen molar-refractivity contribution >= 4 is 11.8 Å². The molecule has 0 aromatic rings. The van der Waals surface area contributed by atoms with Gasteiger partial charge in [0.25, 0.3) is 0 Å². The van der Waals surface area contributed by atoms with Gasteiger partial charge in [-0.3, -0.25) is 0 Å². The third kappa shape index (κ3) is 3.14. The Morgan fingerprint density at radius 1 is 1.56 bits per heavy atom. The number of hydrogen-bond acceptors (Lipinski definition) is 3. The number of thioether (sulfide) groups is 1. The van der Waals surface area contributed by atoms with Gasteiger partial charge in [-0.2, -0.15) is 11.8 Å². The summed E-state index contributed by atoms with van der Waals surface area (Å²) in [7, 11) is 0. The van der Waals surface area contributed by atoms with Gasteiger partial charge >= 0.3 is 0 Å². The molecule has 2 aliphatic heterocycles. The zero-order valence-corrected chi connectivity index (χ0v) is 11.1. The Morgan fingerprint density at radius 3 is 3.12 bits per heavy atom. The number of rotatable bonds is 4. The Balaban J connectivity index is 1.82. The zero-order valence-electron chi connectivity index (χ0n) is 10.3. The summed E-state index contributed by atoms with van der Waals surface area (Å²) in [5.74, 6) is 3.12. The molecule has 1 N–H and O–H groups in total. The molecule has 3 atom stereocenters. The summed E-state index contributed by atoms with van der Waals surface area (Å²) in [6, 6.07) is 0. The summed E-state index contributed by atoms with van der Waals surface area (Å²) in [5, 5.41) is 9.89. The lowest BCUT2D eigenvalue weighted by Crippen LogP contribution is -2.40. The molecule has 2 rings (SSSR count). The smallest absolute Gasteiger partial charge is 0.0783 e. The summed E-state index contributed by atoms with van der Waals surface area (Å²) in [5.41, 5.74) is 0.180. The molecule has 0 aliphatic carbocycles. The van der Waals surface area contributed by atoms with E-state index in [9.17, 15) is 5.11 Å².